The quantitative estimate of drug-likeness (QED) is 0.540. The summed E-state index contributed by atoms with van der Waals surface area (Å²) >= 11 is 3.37. The van der Waals surface area contributed by atoms with Gasteiger partial charge in [0.1, 0.15) is 0 Å². The molecule has 0 bridgehead atoms. The molecule has 0 aromatic carbocycles. The molecule has 0 atom stereocenters. The summed E-state index contributed by atoms with van der Waals surface area (Å²) in [4.78, 5) is 8.17. The van der Waals surface area contributed by atoms with Crippen LogP contribution in [0.2, 0.25) is 0 Å². The minimum Gasteiger partial charge on any atom is -0.379 e. The molecule has 1 aliphatic heterocycles. The highest BCUT2D eigenvalue weighted by Crippen LogP contribution is 2.20. The summed E-state index contributed by atoms with van der Waals surface area (Å²) in [5.74, 6) is 6.31. The maximum Gasteiger partial charge on any atom is 0.239 e. The molecule has 1 aromatic heterocycles. The average molecular weight is 289 g/mol. The molecule has 7 nitrogen and oxygen atoms in total. The van der Waals surface area contributed by atoms with Gasteiger partial charge >= 0.3 is 0 Å². The summed E-state index contributed by atoms with van der Waals surface area (Å²) in [7, 11) is 0. The number of hydrogen-bond donors (Lipinski definition) is 3. The summed E-state index contributed by atoms with van der Waals surface area (Å²) in [6.45, 7) is 3.08. The Kier molecular flexibility index (Phi) is 3.88. The Hall–Kier alpha value is -0.960. The number of hydrazine groups is 2. The Bertz CT molecular complexity index is 356. The number of nitrogen functional groups attached to an aromatic ring is 1. The molecule has 16 heavy (non-hydrogen) atoms. The van der Waals surface area contributed by atoms with E-state index in [4.69, 9.17) is 10.6 Å². The van der Waals surface area contributed by atoms with Gasteiger partial charge in [0, 0.05) is 19.3 Å². The first-order valence-corrected chi connectivity index (χ1v) is 5.67. The molecule has 0 aliphatic carbocycles. The van der Waals surface area contributed by atoms with Crippen LogP contribution in [-0.4, -0.2) is 41.3 Å². The summed E-state index contributed by atoms with van der Waals surface area (Å²) in [5.41, 5.74) is 5.59. The van der Waals surface area contributed by atoms with Gasteiger partial charge in [-0.2, -0.15) is 4.98 Å². The van der Waals surface area contributed by atoms with Gasteiger partial charge in [-0.15, -0.1) is 0 Å². The third-order valence-corrected chi connectivity index (χ3v) is 2.73. The normalized spacial score (nSPS) is 17.1. The lowest BCUT2D eigenvalue weighted by atomic mass is 10.5. The predicted octanol–water partition coefficient (Wildman–Crippen LogP) is 0.184. The van der Waals surface area contributed by atoms with Gasteiger partial charge < -0.3 is 10.2 Å². The fraction of sp³-hybridized carbons (Fsp3) is 0.500. The van der Waals surface area contributed by atoms with Gasteiger partial charge in [0.25, 0.3) is 0 Å². The maximum absolute atomic E-state index is 5.25. The van der Waals surface area contributed by atoms with Gasteiger partial charge in [0.05, 0.1) is 17.7 Å². The Balaban J connectivity index is 2.06. The van der Waals surface area contributed by atoms with Crippen LogP contribution in [0.1, 0.15) is 0 Å². The van der Waals surface area contributed by atoms with Crippen LogP contribution in [0.5, 0.6) is 0 Å². The Morgan fingerprint density at radius 1 is 1.44 bits per heavy atom. The lowest BCUT2D eigenvalue weighted by Crippen LogP contribution is -2.40. The van der Waals surface area contributed by atoms with Crippen molar-refractivity contribution < 1.29 is 4.74 Å². The highest BCUT2D eigenvalue weighted by atomic mass is 79.9. The lowest BCUT2D eigenvalue weighted by molar-refractivity contribution is 0.0494. The van der Waals surface area contributed by atoms with Crippen LogP contribution in [0.15, 0.2) is 10.7 Å². The second kappa shape index (κ2) is 5.39. The molecular formula is C8H13BrN6O. The molecule has 1 saturated heterocycles. The number of nitrogens with two attached hydrogens (primary N) is 1. The number of morpholine rings is 1. The molecule has 0 saturated carbocycles. The standard InChI is InChI=1S/C8H13BrN6O/c9-6-5-11-8(13-10)12-7(6)14-15-1-3-16-4-2-15/h5H,1-4,10H2,(H2,11,12,13,14). The summed E-state index contributed by atoms with van der Waals surface area (Å²) in [6.07, 6.45) is 1.64. The number of aromatic nitrogens is 2. The second-order valence-corrected chi connectivity index (χ2v) is 4.10. The summed E-state index contributed by atoms with van der Waals surface area (Å²) < 4.78 is 6.04. The van der Waals surface area contributed by atoms with Crippen molar-refractivity contribution >= 4 is 27.7 Å². The minimum absolute atomic E-state index is 0.374. The van der Waals surface area contributed by atoms with Crippen LogP contribution in [0.4, 0.5) is 11.8 Å². The van der Waals surface area contributed by atoms with Crippen LogP contribution < -0.4 is 16.7 Å². The van der Waals surface area contributed by atoms with Crippen LogP contribution in [0.25, 0.3) is 0 Å². The van der Waals surface area contributed by atoms with E-state index in [1.54, 1.807) is 6.20 Å². The highest BCUT2D eigenvalue weighted by molar-refractivity contribution is 9.10. The van der Waals surface area contributed by atoms with Gasteiger partial charge in [0.15, 0.2) is 5.82 Å². The molecule has 1 aliphatic rings. The Morgan fingerprint density at radius 2 is 2.19 bits per heavy atom. The molecule has 8 heteroatoms. The molecule has 2 rings (SSSR count). The molecule has 0 unspecified atom stereocenters. The van der Waals surface area contributed by atoms with E-state index in [1.807, 2.05) is 5.01 Å². The number of halogens is 1. The van der Waals surface area contributed by atoms with Crippen molar-refractivity contribution in [3.63, 3.8) is 0 Å². The molecule has 0 amide bonds. The summed E-state index contributed by atoms with van der Waals surface area (Å²) in [6, 6.07) is 0. The van der Waals surface area contributed by atoms with Crippen molar-refractivity contribution in [3.05, 3.63) is 10.7 Å². The fourth-order valence-electron chi connectivity index (χ4n) is 1.34. The topological polar surface area (TPSA) is 88.3 Å². The highest BCUT2D eigenvalue weighted by Gasteiger charge is 2.12. The van der Waals surface area contributed by atoms with Gasteiger partial charge in [-0.25, -0.2) is 15.8 Å². The van der Waals surface area contributed by atoms with E-state index >= 15 is 0 Å². The van der Waals surface area contributed by atoms with Crippen molar-refractivity contribution in [2.45, 2.75) is 0 Å². The van der Waals surface area contributed by atoms with Crippen LogP contribution >= 0.6 is 15.9 Å². The molecule has 1 fully saturated rings. The largest absolute Gasteiger partial charge is 0.379 e. The summed E-state index contributed by atoms with van der Waals surface area (Å²) in [5, 5.41) is 2.04. The van der Waals surface area contributed by atoms with E-state index in [-0.39, 0.29) is 0 Å². The van der Waals surface area contributed by atoms with Crippen LogP contribution in [0.3, 0.4) is 0 Å². The lowest BCUT2D eigenvalue weighted by Gasteiger charge is -2.27. The number of ether oxygens (including phenoxy) is 1. The molecule has 1 aromatic rings. The van der Waals surface area contributed by atoms with Gasteiger partial charge in [-0.1, -0.05) is 0 Å². The smallest absolute Gasteiger partial charge is 0.239 e. The number of rotatable bonds is 3. The third kappa shape index (κ3) is 2.79. The van der Waals surface area contributed by atoms with Gasteiger partial charge in [0.2, 0.25) is 5.95 Å². The predicted molar refractivity (Wildman–Crippen MR) is 63.6 cm³/mol. The zero-order valence-corrected chi connectivity index (χ0v) is 10.2. The van der Waals surface area contributed by atoms with E-state index in [0.717, 1.165) is 30.8 Å². The zero-order valence-electron chi connectivity index (χ0n) is 8.61. The van der Waals surface area contributed by atoms with Crippen LogP contribution in [0, 0.1) is 0 Å². The number of hydrogen-bond acceptors (Lipinski definition) is 7. The molecule has 0 spiro atoms. The first kappa shape index (κ1) is 11.5. The van der Waals surface area contributed by atoms with Gasteiger partial charge in [-0.3, -0.25) is 5.43 Å². The average Bonchev–Trinajstić information content (AvgIpc) is 2.33. The van der Waals surface area contributed by atoms with E-state index in [1.165, 1.54) is 0 Å². The van der Waals surface area contributed by atoms with E-state index < -0.39 is 0 Å². The minimum atomic E-state index is 0.374. The Morgan fingerprint density at radius 3 is 2.88 bits per heavy atom. The first-order valence-electron chi connectivity index (χ1n) is 4.88. The van der Waals surface area contributed by atoms with Crippen molar-refractivity contribution in [1.82, 2.24) is 15.0 Å². The number of nitrogens with zero attached hydrogens (tertiary/aromatic N) is 3. The molecular weight excluding hydrogens is 276 g/mol. The second-order valence-electron chi connectivity index (χ2n) is 3.25. The fourth-order valence-corrected chi connectivity index (χ4v) is 1.62. The van der Waals surface area contributed by atoms with Crippen LogP contribution in [-0.2, 0) is 4.74 Å². The van der Waals surface area contributed by atoms with Crippen molar-refractivity contribution in [1.29, 1.82) is 0 Å². The van der Waals surface area contributed by atoms with E-state index in [0.29, 0.717) is 11.8 Å². The first-order chi connectivity index (χ1) is 7.79. The van der Waals surface area contributed by atoms with Crippen molar-refractivity contribution in [2.24, 2.45) is 5.84 Å². The van der Waals surface area contributed by atoms with Crippen molar-refractivity contribution in [2.75, 3.05) is 37.2 Å². The van der Waals surface area contributed by atoms with Gasteiger partial charge in [-0.05, 0) is 15.9 Å². The maximum atomic E-state index is 5.25. The zero-order chi connectivity index (χ0) is 11.4. The van der Waals surface area contributed by atoms with E-state index in [2.05, 4.69) is 36.7 Å². The van der Waals surface area contributed by atoms with E-state index in [9.17, 15) is 0 Å². The molecule has 2 heterocycles. The Labute approximate surface area is 101 Å². The molecule has 4 N–H and O–H groups in total. The monoisotopic (exact) mass is 288 g/mol. The number of nitrogens with one attached hydrogen (secondary N) is 2. The number of anilines is 2. The molecule has 88 valence electrons. The third-order valence-electron chi connectivity index (χ3n) is 2.15. The van der Waals surface area contributed by atoms with Crippen molar-refractivity contribution in [3.8, 4) is 0 Å². The SMILES string of the molecule is NNc1ncc(Br)c(NN2CCOCC2)n1. The molecule has 0 radical (unpaired) electrons.